The number of hydrogen-bond acceptors (Lipinski definition) is 5. The molecule has 6 nitrogen and oxygen atoms in total. The number of carbonyl (C=O) groups is 2. The number of piperidine rings is 1. The van der Waals surface area contributed by atoms with Crippen molar-refractivity contribution in [2.45, 2.75) is 51.7 Å². The molecule has 1 aliphatic rings. The van der Waals surface area contributed by atoms with E-state index < -0.39 is 17.7 Å². The van der Waals surface area contributed by atoms with Gasteiger partial charge in [-0.3, -0.25) is 14.7 Å². The third kappa shape index (κ3) is 4.43. The zero-order valence-corrected chi connectivity index (χ0v) is 14.2. The van der Waals surface area contributed by atoms with E-state index in [4.69, 9.17) is 9.47 Å². The Labute approximate surface area is 136 Å². The molecular weight excluding hydrogens is 296 g/mol. The first kappa shape index (κ1) is 17.2. The normalized spacial score (nSPS) is 18.7. The van der Waals surface area contributed by atoms with Gasteiger partial charge in [-0.15, -0.1) is 0 Å². The van der Waals surface area contributed by atoms with Gasteiger partial charge in [-0.05, 0) is 33.3 Å². The lowest BCUT2D eigenvalue weighted by molar-refractivity contribution is -0.126. The molecule has 0 bridgehead atoms. The summed E-state index contributed by atoms with van der Waals surface area (Å²) in [5.41, 5.74) is 0.220. The van der Waals surface area contributed by atoms with Gasteiger partial charge in [0.05, 0.1) is 13.2 Å². The van der Waals surface area contributed by atoms with E-state index in [0.29, 0.717) is 31.6 Å². The number of ketones is 1. The van der Waals surface area contributed by atoms with Gasteiger partial charge in [-0.25, -0.2) is 4.79 Å². The zero-order chi connectivity index (χ0) is 17.0. The van der Waals surface area contributed by atoms with Crippen LogP contribution in [0.3, 0.4) is 0 Å². The molecule has 1 aliphatic heterocycles. The highest BCUT2D eigenvalue weighted by molar-refractivity contribution is 5.89. The van der Waals surface area contributed by atoms with Crippen LogP contribution in [0.15, 0.2) is 18.5 Å². The van der Waals surface area contributed by atoms with Crippen LogP contribution in [-0.4, -0.2) is 47.1 Å². The third-order valence-electron chi connectivity index (χ3n) is 3.69. The minimum atomic E-state index is -0.589. The molecule has 0 aromatic carbocycles. The number of nitrogens with zero attached hydrogens (tertiary/aromatic N) is 2. The molecule has 1 atom stereocenters. The van der Waals surface area contributed by atoms with Gasteiger partial charge < -0.3 is 9.47 Å². The van der Waals surface area contributed by atoms with Crippen LogP contribution in [0.25, 0.3) is 0 Å². The Morgan fingerprint density at radius 2 is 2.17 bits per heavy atom. The summed E-state index contributed by atoms with van der Waals surface area (Å²) in [5.74, 6) is 0.718. The molecule has 0 spiro atoms. The minimum absolute atomic E-state index is 0.0491. The fraction of sp³-hybridized carbons (Fsp3) is 0.588. The number of ether oxygens (including phenoxy) is 2. The topological polar surface area (TPSA) is 68.7 Å². The van der Waals surface area contributed by atoms with Crippen molar-refractivity contribution in [2.24, 2.45) is 0 Å². The molecule has 1 saturated heterocycles. The van der Waals surface area contributed by atoms with Crippen molar-refractivity contribution in [3.05, 3.63) is 24.0 Å². The third-order valence-corrected chi connectivity index (χ3v) is 3.69. The zero-order valence-electron chi connectivity index (χ0n) is 14.2. The molecule has 0 saturated carbocycles. The quantitative estimate of drug-likeness (QED) is 0.856. The molecule has 0 radical (unpaired) electrons. The van der Waals surface area contributed by atoms with Crippen LogP contribution < -0.4 is 4.74 Å². The number of amides is 1. The maximum Gasteiger partial charge on any atom is 0.410 e. The van der Waals surface area contributed by atoms with Crippen LogP contribution >= 0.6 is 0 Å². The minimum Gasteiger partial charge on any atom is -0.496 e. The molecular formula is C17H24N2O4. The lowest BCUT2D eigenvalue weighted by Gasteiger charge is -2.36. The van der Waals surface area contributed by atoms with E-state index in [0.717, 1.165) is 5.56 Å². The van der Waals surface area contributed by atoms with Crippen LogP contribution in [-0.2, 0) is 16.0 Å². The Bertz CT molecular complexity index is 580. The first-order valence-electron chi connectivity index (χ1n) is 7.81. The number of Topliss-reactive ketones (excluding diaryl/α,β-unsaturated/α-hetero) is 1. The fourth-order valence-corrected chi connectivity index (χ4v) is 2.66. The summed E-state index contributed by atoms with van der Waals surface area (Å²) in [6.45, 7) is 5.97. The SMILES string of the molecule is COc1ccncc1CC1C(=O)CCCN1C(=O)OC(C)(C)C. The van der Waals surface area contributed by atoms with Crippen molar-refractivity contribution in [3.63, 3.8) is 0 Å². The van der Waals surface area contributed by atoms with Gasteiger partial charge >= 0.3 is 6.09 Å². The second-order valence-electron chi connectivity index (χ2n) is 6.65. The predicted molar refractivity (Wildman–Crippen MR) is 85.5 cm³/mol. The largest absolute Gasteiger partial charge is 0.496 e. The summed E-state index contributed by atoms with van der Waals surface area (Å²) in [4.78, 5) is 30.4. The molecule has 1 unspecified atom stereocenters. The summed E-state index contributed by atoms with van der Waals surface area (Å²) >= 11 is 0. The lowest BCUT2D eigenvalue weighted by Crippen LogP contribution is -2.51. The molecule has 126 valence electrons. The highest BCUT2D eigenvalue weighted by atomic mass is 16.6. The maximum absolute atomic E-state index is 12.4. The highest BCUT2D eigenvalue weighted by Gasteiger charge is 2.36. The standard InChI is InChI=1S/C17H24N2O4/c1-17(2,3)23-16(21)19-9-5-6-14(20)13(19)10-12-11-18-8-7-15(12)22-4/h7-8,11,13H,5-6,9-10H2,1-4H3. The second-order valence-corrected chi connectivity index (χ2v) is 6.65. The Morgan fingerprint density at radius 3 is 2.83 bits per heavy atom. The van der Waals surface area contributed by atoms with Gasteiger partial charge in [-0.1, -0.05) is 0 Å². The van der Waals surface area contributed by atoms with E-state index in [1.54, 1.807) is 25.6 Å². The van der Waals surface area contributed by atoms with E-state index in [1.807, 2.05) is 20.8 Å². The second kappa shape index (κ2) is 6.98. The van der Waals surface area contributed by atoms with Crippen molar-refractivity contribution >= 4 is 11.9 Å². The van der Waals surface area contributed by atoms with Crippen molar-refractivity contribution < 1.29 is 19.1 Å². The maximum atomic E-state index is 12.4. The van der Waals surface area contributed by atoms with Crippen molar-refractivity contribution in [1.82, 2.24) is 9.88 Å². The Kier molecular flexibility index (Phi) is 5.23. The number of aromatic nitrogens is 1. The molecule has 23 heavy (non-hydrogen) atoms. The lowest BCUT2D eigenvalue weighted by atomic mass is 9.95. The van der Waals surface area contributed by atoms with Crippen molar-refractivity contribution in [2.75, 3.05) is 13.7 Å². The van der Waals surface area contributed by atoms with Gasteiger partial charge in [0.1, 0.15) is 11.4 Å². The summed E-state index contributed by atoms with van der Waals surface area (Å²) in [6.07, 6.45) is 4.39. The average molecular weight is 320 g/mol. The first-order valence-corrected chi connectivity index (χ1v) is 7.81. The van der Waals surface area contributed by atoms with E-state index in [2.05, 4.69) is 4.98 Å². The number of carbonyl (C=O) groups excluding carboxylic acids is 2. The van der Waals surface area contributed by atoms with Crippen molar-refractivity contribution in [1.29, 1.82) is 0 Å². The number of rotatable bonds is 3. The molecule has 0 aliphatic carbocycles. The Hall–Kier alpha value is -2.11. The monoisotopic (exact) mass is 320 g/mol. The van der Waals surface area contributed by atoms with Gasteiger partial charge in [0.15, 0.2) is 5.78 Å². The van der Waals surface area contributed by atoms with Crippen LogP contribution in [0.4, 0.5) is 4.79 Å². The number of pyridine rings is 1. The van der Waals surface area contributed by atoms with Crippen LogP contribution in [0.5, 0.6) is 5.75 Å². The summed E-state index contributed by atoms with van der Waals surface area (Å²) in [6, 6.07) is 1.22. The molecule has 1 aromatic heterocycles. The van der Waals surface area contributed by atoms with Gasteiger partial charge in [0, 0.05) is 37.3 Å². The molecule has 1 amide bonds. The molecule has 6 heteroatoms. The van der Waals surface area contributed by atoms with Gasteiger partial charge in [0.2, 0.25) is 0 Å². The number of hydrogen-bond donors (Lipinski definition) is 0. The van der Waals surface area contributed by atoms with Gasteiger partial charge in [0.25, 0.3) is 0 Å². The number of likely N-dealkylation sites (tertiary alicyclic amines) is 1. The van der Waals surface area contributed by atoms with Gasteiger partial charge in [-0.2, -0.15) is 0 Å². The van der Waals surface area contributed by atoms with E-state index in [1.165, 1.54) is 4.90 Å². The van der Waals surface area contributed by atoms with Crippen molar-refractivity contribution in [3.8, 4) is 5.75 Å². The molecule has 2 rings (SSSR count). The number of methoxy groups -OCH3 is 1. The first-order chi connectivity index (χ1) is 10.8. The van der Waals surface area contributed by atoms with Crippen LogP contribution in [0, 0.1) is 0 Å². The predicted octanol–water partition coefficient (Wildman–Crippen LogP) is 2.60. The van der Waals surface area contributed by atoms with Crippen LogP contribution in [0.2, 0.25) is 0 Å². The summed E-state index contributed by atoms with van der Waals surface area (Å²) in [5, 5.41) is 0. The molecule has 1 aromatic rings. The molecule has 0 N–H and O–H groups in total. The summed E-state index contributed by atoms with van der Waals surface area (Å²) < 4.78 is 10.8. The fourth-order valence-electron chi connectivity index (χ4n) is 2.66. The highest BCUT2D eigenvalue weighted by Crippen LogP contribution is 2.24. The van der Waals surface area contributed by atoms with E-state index in [-0.39, 0.29) is 5.78 Å². The van der Waals surface area contributed by atoms with E-state index >= 15 is 0 Å². The van der Waals surface area contributed by atoms with E-state index in [9.17, 15) is 9.59 Å². The smallest absolute Gasteiger partial charge is 0.410 e. The molecule has 1 fully saturated rings. The average Bonchev–Trinajstić information content (AvgIpc) is 2.48. The Morgan fingerprint density at radius 1 is 1.43 bits per heavy atom. The summed E-state index contributed by atoms with van der Waals surface area (Å²) in [7, 11) is 1.58. The van der Waals surface area contributed by atoms with Crippen LogP contribution in [0.1, 0.15) is 39.2 Å². The molecule has 2 heterocycles. The Balaban J connectivity index is 2.21.